The minimum Gasteiger partial charge on any atom is -0.450 e. The van der Waals surface area contributed by atoms with Crippen molar-refractivity contribution in [3.63, 3.8) is 0 Å². The quantitative estimate of drug-likeness (QED) is 0.586. The molecule has 4 nitrogen and oxygen atoms in total. The van der Waals surface area contributed by atoms with E-state index in [0.29, 0.717) is 6.61 Å². The first-order valence-electron chi connectivity index (χ1n) is 7.79. The van der Waals surface area contributed by atoms with Gasteiger partial charge in [-0.2, -0.15) is 0 Å². The van der Waals surface area contributed by atoms with Crippen LogP contribution in [0.1, 0.15) is 59.8 Å². The Hall–Kier alpha value is -0.770. The Kier molecular flexibility index (Phi) is 11.8. The number of hydrogen-bond acceptors (Lipinski definition) is 3. The zero-order valence-electron chi connectivity index (χ0n) is 13.2. The zero-order chi connectivity index (χ0) is 14.5. The van der Waals surface area contributed by atoms with Gasteiger partial charge < -0.3 is 15.0 Å². The van der Waals surface area contributed by atoms with Crippen molar-refractivity contribution in [1.29, 1.82) is 0 Å². The topological polar surface area (TPSA) is 41.6 Å². The molecule has 114 valence electrons. The molecule has 1 unspecified atom stereocenters. The van der Waals surface area contributed by atoms with Gasteiger partial charge in [-0.05, 0) is 45.8 Å². The summed E-state index contributed by atoms with van der Waals surface area (Å²) in [6, 6.07) is 0.189. The van der Waals surface area contributed by atoms with Crippen molar-refractivity contribution in [1.82, 2.24) is 10.2 Å². The van der Waals surface area contributed by atoms with Crippen LogP contribution < -0.4 is 5.32 Å². The number of alkyl carbamates (subject to hydrolysis) is 1. The van der Waals surface area contributed by atoms with E-state index in [-0.39, 0.29) is 12.1 Å². The molecule has 0 rings (SSSR count). The zero-order valence-corrected chi connectivity index (χ0v) is 13.2. The number of carbonyl (C=O) groups is 1. The third kappa shape index (κ3) is 10.8. The highest BCUT2D eigenvalue weighted by atomic mass is 16.5. The molecule has 0 heterocycles. The molecule has 1 amide bonds. The number of carbonyl (C=O) groups excluding carboxylic acids is 1. The van der Waals surface area contributed by atoms with Crippen molar-refractivity contribution in [2.45, 2.75) is 65.8 Å². The van der Waals surface area contributed by atoms with Crippen LogP contribution in [0, 0.1) is 0 Å². The van der Waals surface area contributed by atoms with Gasteiger partial charge in [-0.3, -0.25) is 0 Å². The largest absolute Gasteiger partial charge is 0.450 e. The van der Waals surface area contributed by atoms with E-state index in [1.54, 1.807) is 0 Å². The molecule has 0 aromatic rings. The van der Waals surface area contributed by atoms with Crippen LogP contribution in [0.3, 0.4) is 0 Å². The summed E-state index contributed by atoms with van der Waals surface area (Å²) in [5.74, 6) is 0. The normalized spacial score (nSPS) is 12.5. The monoisotopic (exact) mass is 272 g/mol. The van der Waals surface area contributed by atoms with Gasteiger partial charge in [-0.25, -0.2) is 4.79 Å². The minimum absolute atomic E-state index is 0.189. The molecule has 0 saturated carbocycles. The first-order chi connectivity index (χ1) is 9.13. The SMILES string of the molecule is CCCCCOC(=O)NC(C)CCCN(CC)CC. The Bertz CT molecular complexity index is 218. The summed E-state index contributed by atoms with van der Waals surface area (Å²) in [6.07, 6.45) is 5.06. The van der Waals surface area contributed by atoms with Crippen molar-refractivity contribution in [2.75, 3.05) is 26.2 Å². The van der Waals surface area contributed by atoms with Gasteiger partial charge in [-0.1, -0.05) is 33.6 Å². The third-order valence-corrected chi connectivity index (χ3v) is 3.35. The molecule has 0 aromatic heterocycles. The smallest absolute Gasteiger partial charge is 0.407 e. The summed E-state index contributed by atoms with van der Waals surface area (Å²) in [6.45, 7) is 12.4. The molecular weight excluding hydrogens is 240 g/mol. The van der Waals surface area contributed by atoms with Crippen LogP contribution in [-0.2, 0) is 4.74 Å². The number of nitrogens with zero attached hydrogens (tertiary/aromatic N) is 1. The van der Waals surface area contributed by atoms with Crippen LogP contribution in [0.5, 0.6) is 0 Å². The van der Waals surface area contributed by atoms with Gasteiger partial charge in [0.25, 0.3) is 0 Å². The average molecular weight is 272 g/mol. The summed E-state index contributed by atoms with van der Waals surface area (Å²) < 4.78 is 5.12. The van der Waals surface area contributed by atoms with Gasteiger partial charge in [0.1, 0.15) is 0 Å². The second kappa shape index (κ2) is 12.3. The van der Waals surface area contributed by atoms with E-state index in [1.165, 1.54) is 0 Å². The molecule has 0 aromatic carbocycles. The first-order valence-corrected chi connectivity index (χ1v) is 7.79. The number of ether oxygens (including phenoxy) is 1. The van der Waals surface area contributed by atoms with E-state index in [9.17, 15) is 4.79 Å². The molecule has 0 aliphatic heterocycles. The maximum absolute atomic E-state index is 11.5. The van der Waals surface area contributed by atoms with Crippen LogP contribution in [0.4, 0.5) is 4.79 Å². The standard InChI is InChI=1S/C15H32N2O2/c1-5-8-9-13-19-15(18)16-14(4)11-10-12-17(6-2)7-3/h14H,5-13H2,1-4H3,(H,16,18). The van der Waals surface area contributed by atoms with Gasteiger partial charge in [0, 0.05) is 6.04 Å². The van der Waals surface area contributed by atoms with E-state index in [0.717, 1.165) is 51.7 Å². The van der Waals surface area contributed by atoms with Crippen molar-refractivity contribution in [2.24, 2.45) is 0 Å². The van der Waals surface area contributed by atoms with Gasteiger partial charge in [0.05, 0.1) is 6.61 Å². The van der Waals surface area contributed by atoms with Gasteiger partial charge >= 0.3 is 6.09 Å². The highest BCUT2D eigenvalue weighted by Crippen LogP contribution is 2.00. The molecule has 0 saturated heterocycles. The lowest BCUT2D eigenvalue weighted by atomic mass is 10.2. The molecular formula is C15H32N2O2. The number of hydrogen-bond donors (Lipinski definition) is 1. The molecule has 1 N–H and O–H groups in total. The Labute approximate surface area is 118 Å². The van der Waals surface area contributed by atoms with E-state index in [2.05, 4.69) is 31.0 Å². The molecule has 0 aliphatic rings. The Morgan fingerprint density at radius 3 is 2.42 bits per heavy atom. The summed E-state index contributed by atoms with van der Waals surface area (Å²) in [5.41, 5.74) is 0. The van der Waals surface area contributed by atoms with Crippen LogP contribution in [0.25, 0.3) is 0 Å². The summed E-state index contributed by atoms with van der Waals surface area (Å²) in [7, 11) is 0. The maximum Gasteiger partial charge on any atom is 0.407 e. The van der Waals surface area contributed by atoms with Crippen LogP contribution >= 0.6 is 0 Å². The Balaban J connectivity index is 3.56. The molecule has 1 atom stereocenters. The van der Waals surface area contributed by atoms with E-state index in [1.807, 2.05) is 6.92 Å². The van der Waals surface area contributed by atoms with Crippen LogP contribution in [-0.4, -0.2) is 43.3 Å². The van der Waals surface area contributed by atoms with Crippen molar-refractivity contribution in [3.05, 3.63) is 0 Å². The Morgan fingerprint density at radius 2 is 1.84 bits per heavy atom. The fraction of sp³-hybridized carbons (Fsp3) is 0.933. The predicted octanol–water partition coefficient (Wildman–Crippen LogP) is 3.41. The molecule has 0 bridgehead atoms. The molecule has 0 radical (unpaired) electrons. The summed E-state index contributed by atoms with van der Waals surface area (Å²) in [5, 5.41) is 2.89. The fourth-order valence-electron chi connectivity index (χ4n) is 1.99. The van der Waals surface area contributed by atoms with Gasteiger partial charge in [0.15, 0.2) is 0 Å². The van der Waals surface area contributed by atoms with E-state index < -0.39 is 0 Å². The summed E-state index contributed by atoms with van der Waals surface area (Å²) >= 11 is 0. The molecule has 19 heavy (non-hydrogen) atoms. The van der Waals surface area contributed by atoms with Gasteiger partial charge in [0.2, 0.25) is 0 Å². The summed E-state index contributed by atoms with van der Waals surface area (Å²) in [4.78, 5) is 13.9. The maximum atomic E-state index is 11.5. The predicted molar refractivity (Wildman–Crippen MR) is 80.5 cm³/mol. The third-order valence-electron chi connectivity index (χ3n) is 3.35. The van der Waals surface area contributed by atoms with Crippen LogP contribution in [0.2, 0.25) is 0 Å². The lowest BCUT2D eigenvalue weighted by molar-refractivity contribution is 0.140. The van der Waals surface area contributed by atoms with Gasteiger partial charge in [-0.15, -0.1) is 0 Å². The molecule has 0 spiro atoms. The Morgan fingerprint density at radius 1 is 1.16 bits per heavy atom. The van der Waals surface area contributed by atoms with Crippen molar-refractivity contribution >= 4 is 6.09 Å². The van der Waals surface area contributed by atoms with Crippen molar-refractivity contribution < 1.29 is 9.53 Å². The number of amides is 1. The van der Waals surface area contributed by atoms with E-state index in [4.69, 9.17) is 4.74 Å². The number of rotatable bonds is 11. The second-order valence-electron chi connectivity index (χ2n) is 5.06. The highest BCUT2D eigenvalue weighted by Gasteiger charge is 2.08. The van der Waals surface area contributed by atoms with Crippen molar-refractivity contribution in [3.8, 4) is 0 Å². The molecule has 4 heteroatoms. The molecule has 0 aliphatic carbocycles. The first kappa shape index (κ1) is 18.2. The number of nitrogens with one attached hydrogen (secondary N) is 1. The van der Waals surface area contributed by atoms with Crippen LogP contribution in [0.15, 0.2) is 0 Å². The lowest BCUT2D eigenvalue weighted by Gasteiger charge is -2.19. The second-order valence-corrected chi connectivity index (χ2v) is 5.06. The lowest BCUT2D eigenvalue weighted by Crippen LogP contribution is -2.34. The minimum atomic E-state index is -0.272. The number of unbranched alkanes of at least 4 members (excludes halogenated alkanes) is 2. The van der Waals surface area contributed by atoms with E-state index >= 15 is 0 Å². The average Bonchev–Trinajstić information content (AvgIpc) is 2.40. The molecule has 0 fully saturated rings. The fourth-order valence-corrected chi connectivity index (χ4v) is 1.99. The highest BCUT2D eigenvalue weighted by molar-refractivity contribution is 5.67.